The second-order valence-electron chi connectivity index (χ2n) is 38.3. The summed E-state index contributed by atoms with van der Waals surface area (Å²) in [6, 6.07) is 9.62. The fourth-order valence-corrected chi connectivity index (χ4v) is 26.4. The maximum absolute atomic E-state index is 14.3. The van der Waals surface area contributed by atoms with Gasteiger partial charge in [-0.3, -0.25) is 58.2 Å². The van der Waals surface area contributed by atoms with Gasteiger partial charge in [0.15, 0.2) is 17.1 Å². The number of anilines is 1. The maximum Gasteiger partial charge on any atom is 1.00 e. The first kappa shape index (κ1) is 108. The molecule has 5 aliphatic carbocycles. The van der Waals surface area contributed by atoms with Gasteiger partial charge in [0.2, 0.25) is 17.6 Å². The molecule has 13 aliphatic rings. The molecule has 0 radical (unpaired) electrons. The summed E-state index contributed by atoms with van der Waals surface area (Å²) in [7, 11) is 4.61. The molecule has 37 heteroatoms. The number of nitrogens with one attached hydrogen (secondary N) is 2. The third-order valence-corrected chi connectivity index (χ3v) is 35.2. The van der Waals surface area contributed by atoms with Gasteiger partial charge >= 0.3 is 41.7 Å². The molecule has 8 heterocycles. The first-order valence-corrected chi connectivity index (χ1v) is 49.3. The van der Waals surface area contributed by atoms with Gasteiger partial charge in [0.1, 0.15) is 54.0 Å². The van der Waals surface area contributed by atoms with Crippen molar-refractivity contribution < 1.29 is 151 Å². The van der Waals surface area contributed by atoms with Crippen molar-refractivity contribution in [2.24, 2.45) is 58.2 Å². The fraction of sp³-hybridized carbons (Fsp3) is 0.646. The van der Waals surface area contributed by atoms with Gasteiger partial charge in [-0.25, -0.2) is 18.8 Å². The van der Waals surface area contributed by atoms with E-state index in [1.54, 1.807) is 51.3 Å². The summed E-state index contributed by atoms with van der Waals surface area (Å²) in [6.45, 7) is 24.8. The van der Waals surface area contributed by atoms with Crippen LogP contribution in [0.2, 0.25) is 0 Å². The van der Waals surface area contributed by atoms with Crippen molar-refractivity contribution in [2.45, 2.75) is 262 Å². The van der Waals surface area contributed by atoms with Gasteiger partial charge in [-0.05, 0) is 225 Å². The molecule has 4 saturated carbocycles. The van der Waals surface area contributed by atoms with Crippen molar-refractivity contribution in [1.29, 1.82) is 5.26 Å². The van der Waals surface area contributed by atoms with Gasteiger partial charge in [-0.2, -0.15) is 31.1 Å². The number of Topliss-reactive ketones (excluding diaryl/α,β-unsaturated/α-hetero) is 3. The van der Waals surface area contributed by atoms with Gasteiger partial charge in [0.05, 0.1) is 59.1 Å². The molecule has 22 atom stereocenters. The predicted molar refractivity (Wildman–Crippen MR) is 489 cm³/mol. The molecule has 30 nitrogen and oxygen atoms in total. The zero-order valence-corrected chi connectivity index (χ0v) is 82.8. The molecule has 2 aromatic rings. The van der Waals surface area contributed by atoms with Crippen LogP contribution in [-0.2, 0) is 84.8 Å². The maximum atomic E-state index is 14.3. The SMILES string of the molecule is C/C(O)=C(\C#N)C(=O)Nc1ccc(C(F)(F)F)cc1.C=CC[C@@H]1/C=C(\C)C[C@H](C)C[C@H](OC)[C@H]2O[C@@](O)(C(=O)C(=O)N3CCCC[C@H]3C(=O)O[C@H](/C(C)=C/[C@@H]3CC[C@@H](O)[C@H](OC)C3)[C@H](C)[C@@H](O)CC1=O)[C@H](C)C[C@@H]2OC.C[C@]12CCC(=O)C=C1CC[C@@H]1[C@@H]2[C@@H](O)C[C@@]2(C)[C@H]1CC[C@]2(O)C(=O)CS.O=C1CCC(N2C(=O)c3ccccc3C2=O)C(=O)N1.S=P(N1CC1)(N1CC1)N1CC1.[H-].[Na+]. The minimum Gasteiger partial charge on any atom is -1.00 e. The minimum absolute atomic E-state index is 0. The number of rotatable bonds is 15. The average molecular weight is 1920 g/mol. The molecule has 10 fully saturated rings. The number of ether oxygens (including phenoxy) is 5. The number of allylic oxidation sites excluding steroid dienone is 6. The number of hydrogen-bond acceptors (Lipinski definition) is 25. The molecule has 1 unspecified atom stereocenters. The summed E-state index contributed by atoms with van der Waals surface area (Å²) >= 11 is 9.88. The first-order chi connectivity index (χ1) is 62.3. The van der Waals surface area contributed by atoms with Gasteiger partial charge in [0.25, 0.3) is 29.4 Å². The molecule has 2 bridgehead atoms. The number of imide groups is 2. The van der Waals surface area contributed by atoms with Crippen LogP contribution in [0.5, 0.6) is 0 Å². The number of carbonyl (C=O) groups is 11. The van der Waals surface area contributed by atoms with Crippen LogP contribution in [0.3, 0.4) is 0 Å². The van der Waals surface area contributed by atoms with Crippen LogP contribution in [-0.4, -0.2) is 264 Å². The number of aliphatic hydroxyl groups excluding tert-OH is 4. The molecule has 726 valence electrons. The number of piperidine rings is 2. The van der Waals surface area contributed by atoms with Crippen LogP contribution < -0.4 is 40.2 Å². The second kappa shape index (κ2) is 45.4. The topological polar surface area (TPSA) is 419 Å². The van der Waals surface area contributed by atoms with Crippen LogP contribution in [0.15, 0.2) is 107 Å². The quantitative estimate of drug-likeness (QED) is 0.00704. The number of methoxy groups -OCH3 is 3. The molecule has 6 saturated heterocycles. The number of amides is 6. The van der Waals surface area contributed by atoms with E-state index in [0.29, 0.717) is 93.2 Å². The van der Waals surface area contributed by atoms with Crippen LogP contribution in [0.1, 0.15) is 212 Å². The van der Waals surface area contributed by atoms with Crippen molar-refractivity contribution >= 4 is 101 Å². The first-order valence-electron chi connectivity index (χ1n) is 46.0. The number of carbonyl (C=O) groups excluding carboxylic acids is 11. The number of hydrogen-bond donors (Lipinski definition) is 9. The van der Waals surface area contributed by atoms with E-state index in [1.807, 2.05) is 45.9 Å². The number of cyclic esters (lactones) is 1. The van der Waals surface area contributed by atoms with E-state index in [4.69, 9.17) is 45.9 Å². The molecule has 0 spiro atoms. The van der Waals surface area contributed by atoms with Crippen molar-refractivity contribution in [3.63, 3.8) is 0 Å². The van der Waals surface area contributed by atoms with E-state index >= 15 is 0 Å². The van der Waals surface area contributed by atoms with E-state index in [9.17, 15) is 91.4 Å². The molecule has 6 amide bonds. The molecule has 2 aromatic carbocycles. The van der Waals surface area contributed by atoms with Crippen molar-refractivity contribution in [3.05, 3.63) is 124 Å². The zero-order valence-electron chi connectivity index (χ0n) is 79.2. The third-order valence-electron chi connectivity index (χ3n) is 29.4. The number of thiol groups is 1. The van der Waals surface area contributed by atoms with Crippen molar-refractivity contribution in [1.82, 2.24) is 29.1 Å². The number of nitriles is 1. The third kappa shape index (κ3) is 24.0. The molecule has 15 rings (SSSR count). The molecule has 133 heavy (non-hydrogen) atoms. The summed E-state index contributed by atoms with van der Waals surface area (Å²) < 4.78 is 74.1. The second-order valence-corrected chi connectivity index (χ2v) is 42.8. The Morgan fingerprint density at radius 3 is 1.93 bits per heavy atom. The number of nitrogens with zero attached hydrogens (tertiary/aromatic N) is 6. The number of ketones is 4. The van der Waals surface area contributed by atoms with E-state index in [-0.39, 0.29) is 140 Å². The summed E-state index contributed by atoms with van der Waals surface area (Å²) in [5.41, 5.74) is 0.0726. The number of alkyl halides is 3. The van der Waals surface area contributed by atoms with E-state index in [2.05, 4.69) is 50.8 Å². The Labute approximate surface area is 810 Å². The normalized spacial score (nSPS) is 35.1. The average Bonchev–Trinajstić information content (AvgIpc) is 1.50. The molecule has 8 N–H and O–H groups in total. The molecule has 0 aromatic heterocycles. The van der Waals surface area contributed by atoms with Gasteiger partial charge in [0, 0.05) is 115 Å². The summed E-state index contributed by atoms with van der Waals surface area (Å²) in [4.78, 5) is 142. The van der Waals surface area contributed by atoms with E-state index < -0.39 is 160 Å². The van der Waals surface area contributed by atoms with E-state index in [1.165, 1.54) is 70.0 Å². The number of esters is 1. The molecular weight excluding hydrogens is 1790 g/mol. The standard InChI is InChI=1S/C44H69NO12.C21H30O4S.C13H10N2O4.C12H9F3N2O2.C6H12N3PS.Na.H/c1-10-13-31-19-25(2)18-26(3)20-37(54-8)40-38(55-9)22-28(5)44(52,57-40)41(49)42(50)45-17-12-11-14-32(45)43(51)56-39(29(6)34(47)24-35(31)48)27(4)21-30-15-16-33(46)36(23-30)53-7;1-19-7-5-13(22)9-12(19)3-4-14-15-6-8-21(25,17(24)11-26)20(15,2)10-16(23)18(14)19;16-10-6-5-9(11(17)14-10)15-12(18)7-3-1-2-4-8(7)13(15)19;1-7(18)10(6-16)11(19)17-9-4-2-8(3-5-9)12(13,14)15;11-10(7-1-2-7,8-3-4-8)9-5-6-9;;/h10,19,21,26,28-34,36-40,46-47,52H,1,11-18,20,22-24H2,2-9H3;9,14-16,18,23,25-26H,3-8,10-11H2,1-2H3;1-4,9H,5-6H2,(H,14,16,17);2-5,18H,1H3,(H,17,19);1-6H2;;/q;;;;;+1;-1/b25-19+,27-21+;;;10-7-;;;/t26-,28+,29+,30-,31+,32-,33+,34-,36+,37-,38-,39+,40+,44+;14-,15-,16-,18+,19-,20-,21-;;;;;/m00...../s1. The monoisotopic (exact) mass is 1920 g/mol. The van der Waals surface area contributed by atoms with Crippen LogP contribution in [0.25, 0.3) is 0 Å². The summed E-state index contributed by atoms with van der Waals surface area (Å²) in [5.74, 6) is -10.4. The van der Waals surface area contributed by atoms with Gasteiger partial charge in [-0.15, -0.1) is 6.58 Å². The smallest absolute Gasteiger partial charge is 1.00 e. The largest absolute Gasteiger partial charge is 1.00 e. The van der Waals surface area contributed by atoms with Gasteiger partial charge < -0.3 is 66.0 Å². The van der Waals surface area contributed by atoms with Crippen LogP contribution >= 0.6 is 19.1 Å². The number of benzene rings is 2. The number of aliphatic hydroxyl groups is 6. The Bertz CT molecular complexity index is 4840. The minimum atomic E-state index is -4.46. The Kier molecular flexibility index (Phi) is 36.9. The van der Waals surface area contributed by atoms with Crippen molar-refractivity contribution in [3.8, 4) is 6.07 Å². The van der Waals surface area contributed by atoms with Gasteiger partial charge in [-0.1, -0.05) is 76.1 Å². The summed E-state index contributed by atoms with van der Waals surface area (Å²) in [6.07, 6.45) is 6.99. The van der Waals surface area contributed by atoms with Crippen LogP contribution in [0, 0.1) is 69.5 Å². The Balaban J connectivity index is 0.000000213. The molecular formula is C96H131F3N8NaO22PS2. The number of fused-ring (bicyclic) bond motifs is 9. The van der Waals surface area contributed by atoms with Crippen molar-refractivity contribution in [2.75, 3.05) is 78.2 Å². The number of halogens is 3. The predicted octanol–water partition coefficient (Wildman–Crippen LogP) is 7.72. The fourth-order valence-electron chi connectivity index (χ4n) is 21.8. The Morgan fingerprint density at radius 2 is 1.38 bits per heavy atom. The Hall–Kier alpha value is -6.89. The van der Waals surface area contributed by atoms with Crippen LogP contribution in [0.4, 0.5) is 18.9 Å². The van der Waals surface area contributed by atoms with E-state index in [0.717, 1.165) is 67.3 Å². The zero-order chi connectivity index (χ0) is 96.8. The molecule has 8 aliphatic heterocycles. The Morgan fingerprint density at radius 1 is 0.767 bits per heavy atom. The summed E-state index contributed by atoms with van der Waals surface area (Å²) in [5, 5.41) is 78.7.